The van der Waals surface area contributed by atoms with Crippen LogP contribution < -0.4 is 4.90 Å². The molecule has 4 nitrogen and oxygen atoms in total. The third kappa shape index (κ3) is 3.05. The van der Waals surface area contributed by atoms with Crippen molar-refractivity contribution >= 4 is 17.2 Å². The molecular weight excluding hydrogens is 289 g/mol. The molecule has 0 bridgehead atoms. The zero-order chi connectivity index (χ0) is 14.8. The minimum atomic E-state index is -4.54. The van der Waals surface area contributed by atoms with E-state index >= 15 is 0 Å². The molecule has 0 atom stereocenters. The molecule has 0 spiro atoms. The van der Waals surface area contributed by atoms with Crippen molar-refractivity contribution < 1.29 is 13.2 Å². The Morgan fingerprint density at radius 3 is 2.70 bits per heavy atom. The van der Waals surface area contributed by atoms with E-state index in [0.717, 1.165) is 12.1 Å². The van der Waals surface area contributed by atoms with Gasteiger partial charge < -0.3 is 4.90 Å². The predicted octanol–water partition coefficient (Wildman–Crippen LogP) is 3.06. The Bertz CT molecular complexity index is 631. The number of rotatable bonds is 3. The molecule has 0 aliphatic carbocycles. The van der Waals surface area contributed by atoms with Crippen LogP contribution >= 0.6 is 11.3 Å². The summed E-state index contributed by atoms with van der Waals surface area (Å²) < 4.78 is 38.0. The van der Waals surface area contributed by atoms with Crippen LogP contribution in [0, 0.1) is 11.3 Å². The lowest BCUT2D eigenvalue weighted by Crippen LogP contribution is -2.21. The highest BCUT2D eigenvalue weighted by atomic mass is 32.1. The zero-order valence-electron chi connectivity index (χ0n) is 10.3. The number of alkyl halides is 3. The Hall–Kier alpha value is -2.14. The first kappa shape index (κ1) is 14.3. The molecule has 0 radical (unpaired) electrons. The van der Waals surface area contributed by atoms with Gasteiger partial charge in [-0.05, 0) is 12.1 Å². The topological polar surface area (TPSA) is 52.8 Å². The molecule has 0 fully saturated rings. The van der Waals surface area contributed by atoms with Gasteiger partial charge in [0.15, 0.2) is 0 Å². The molecule has 0 saturated carbocycles. The van der Waals surface area contributed by atoms with E-state index in [1.54, 1.807) is 17.9 Å². The van der Waals surface area contributed by atoms with Crippen molar-refractivity contribution in [1.82, 2.24) is 9.97 Å². The van der Waals surface area contributed by atoms with E-state index in [1.165, 1.54) is 16.2 Å². The molecule has 2 rings (SSSR count). The van der Waals surface area contributed by atoms with Crippen molar-refractivity contribution in [3.8, 4) is 6.07 Å². The summed E-state index contributed by atoms with van der Waals surface area (Å²) in [6.07, 6.45) is -4.54. The van der Waals surface area contributed by atoms with E-state index in [4.69, 9.17) is 5.26 Å². The maximum absolute atomic E-state index is 12.7. The van der Waals surface area contributed by atoms with Crippen LogP contribution in [-0.2, 0) is 12.7 Å². The van der Waals surface area contributed by atoms with Crippen LogP contribution in [0.1, 0.15) is 17.0 Å². The summed E-state index contributed by atoms with van der Waals surface area (Å²) >= 11 is 1.39. The number of hydrogen-bond acceptors (Lipinski definition) is 5. The van der Waals surface area contributed by atoms with Crippen LogP contribution in [0.5, 0.6) is 0 Å². The average Bonchev–Trinajstić information content (AvgIpc) is 2.89. The lowest BCUT2D eigenvalue weighted by molar-refractivity contribution is -0.141. The van der Waals surface area contributed by atoms with Gasteiger partial charge in [0, 0.05) is 12.4 Å². The molecule has 0 N–H and O–H groups in total. The number of anilines is 1. The van der Waals surface area contributed by atoms with Crippen molar-refractivity contribution in [3.63, 3.8) is 0 Å². The van der Waals surface area contributed by atoms with E-state index in [1.807, 2.05) is 6.07 Å². The highest BCUT2D eigenvalue weighted by molar-refractivity contribution is 7.07. The van der Waals surface area contributed by atoms with Gasteiger partial charge in [-0.25, -0.2) is 9.97 Å². The smallest absolute Gasteiger partial charge is 0.353 e. The Balaban J connectivity index is 2.35. The van der Waals surface area contributed by atoms with E-state index in [-0.39, 0.29) is 17.9 Å². The van der Waals surface area contributed by atoms with Gasteiger partial charge >= 0.3 is 6.18 Å². The van der Waals surface area contributed by atoms with Gasteiger partial charge in [0.2, 0.25) is 0 Å². The summed E-state index contributed by atoms with van der Waals surface area (Å²) in [5.41, 5.74) is 1.42. The van der Waals surface area contributed by atoms with Crippen molar-refractivity contribution in [2.24, 2.45) is 0 Å². The van der Waals surface area contributed by atoms with E-state index < -0.39 is 11.9 Å². The molecule has 0 aliphatic heterocycles. The van der Waals surface area contributed by atoms with Crippen molar-refractivity contribution in [1.29, 1.82) is 5.26 Å². The molecule has 8 heteroatoms. The first-order chi connectivity index (χ1) is 9.41. The number of nitriles is 1. The lowest BCUT2D eigenvalue weighted by Gasteiger charge is -2.19. The first-order valence-corrected chi connectivity index (χ1v) is 6.42. The highest BCUT2D eigenvalue weighted by Crippen LogP contribution is 2.30. The Labute approximate surface area is 117 Å². The van der Waals surface area contributed by atoms with Crippen molar-refractivity contribution in [2.45, 2.75) is 12.7 Å². The van der Waals surface area contributed by atoms with Crippen LogP contribution in [0.2, 0.25) is 0 Å². The fourth-order valence-corrected chi connectivity index (χ4v) is 2.17. The number of hydrogen-bond donors (Lipinski definition) is 0. The molecule has 104 valence electrons. The molecule has 0 unspecified atom stereocenters. The summed E-state index contributed by atoms with van der Waals surface area (Å²) in [7, 11) is 1.57. The fraction of sp³-hybridized carbons (Fsp3) is 0.250. The Morgan fingerprint density at radius 1 is 1.40 bits per heavy atom. The maximum Gasteiger partial charge on any atom is 0.433 e. The molecule has 2 aromatic heterocycles. The molecule has 0 aromatic carbocycles. The SMILES string of the molecule is CN(Cc1cscn1)c1nc(C(F)(F)F)ccc1C#N. The van der Waals surface area contributed by atoms with Gasteiger partial charge in [-0.15, -0.1) is 11.3 Å². The zero-order valence-corrected chi connectivity index (χ0v) is 11.2. The van der Waals surface area contributed by atoms with E-state index in [9.17, 15) is 13.2 Å². The minimum absolute atomic E-state index is 0.00433. The number of pyridine rings is 1. The van der Waals surface area contributed by atoms with E-state index in [2.05, 4.69) is 9.97 Å². The molecule has 2 aromatic rings. The highest BCUT2D eigenvalue weighted by Gasteiger charge is 2.33. The third-order valence-corrected chi connectivity index (χ3v) is 3.17. The number of halogens is 3. The maximum atomic E-state index is 12.7. The Morgan fingerprint density at radius 2 is 2.15 bits per heavy atom. The second kappa shape index (κ2) is 5.46. The van der Waals surface area contributed by atoms with Gasteiger partial charge in [-0.2, -0.15) is 18.4 Å². The molecule has 2 heterocycles. The number of aromatic nitrogens is 2. The van der Waals surface area contributed by atoms with Crippen LogP contribution in [0.4, 0.5) is 19.0 Å². The second-order valence-corrected chi connectivity index (χ2v) is 4.73. The van der Waals surface area contributed by atoms with Gasteiger partial charge in [0.1, 0.15) is 17.6 Å². The molecule has 20 heavy (non-hydrogen) atoms. The third-order valence-electron chi connectivity index (χ3n) is 2.53. The van der Waals surface area contributed by atoms with Gasteiger partial charge in [-0.1, -0.05) is 0 Å². The largest absolute Gasteiger partial charge is 0.433 e. The normalized spacial score (nSPS) is 11.2. The van der Waals surface area contributed by atoms with Crippen molar-refractivity contribution in [2.75, 3.05) is 11.9 Å². The van der Waals surface area contributed by atoms with Crippen molar-refractivity contribution in [3.05, 3.63) is 40.0 Å². The van der Waals surface area contributed by atoms with Crippen LogP contribution in [-0.4, -0.2) is 17.0 Å². The minimum Gasteiger partial charge on any atom is -0.353 e. The summed E-state index contributed by atoms with van der Waals surface area (Å²) in [4.78, 5) is 9.08. The average molecular weight is 298 g/mol. The molecule has 0 aliphatic rings. The number of nitrogens with zero attached hydrogens (tertiary/aromatic N) is 4. The molecular formula is C12H9F3N4S. The second-order valence-electron chi connectivity index (χ2n) is 4.01. The number of thiazole rings is 1. The van der Waals surface area contributed by atoms with Crippen LogP contribution in [0.25, 0.3) is 0 Å². The summed E-state index contributed by atoms with van der Waals surface area (Å²) in [6, 6.07) is 3.78. The fourth-order valence-electron chi connectivity index (χ4n) is 1.62. The van der Waals surface area contributed by atoms with Gasteiger partial charge in [-0.3, -0.25) is 0 Å². The van der Waals surface area contributed by atoms with Gasteiger partial charge in [0.25, 0.3) is 0 Å². The van der Waals surface area contributed by atoms with Crippen LogP contribution in [0.15, 0.2) is 23.0 Å². The van der Waals surface area contributed by atoms with Crippen LogP contribution in [0.3, 0.4) is 0 Å². The first-order valence-electron chi connectivity index (χ1n) is 5.48. The standard InChI is InChI=1S/C12H9F3N4S/c1-19(5-9-6-20-7-17-9)11-8(4-16)2-3-10(18-11)12(13,14)15/h2-3,6-7H,5H2,1H3. The molecule has 0 saturated heterocycles. The van der Waals surface area contributed by atoms with Gasteiger partial charge in [0.05, 0.1) is 23.3 Å². The monoisotopic (exact) mass is 298 g/mol. The Kier molecular flexibility index (Phi) is 3.90. The summed E-state index contributed by atoms with van der Waals surface area (Å²) in [6.45, 7) is 0.284. The lowest BCUT2D eigenvalue weighted by atomic mass is 10.2. The quantitative estimate of drug-likeness (QED) is 0.874. The summed E-state index contributed by atoms with van der Waals surface area (Å²) in [5, 5.41) is 10.8. The summed E-state index contributed by atoms with van der Waals surface area (Å²) in [5.74, 6) is -0.00433. The predicted molar refractivity (Wildman–Crippen MR) is 68.2 cm³/mol. The van der Waals surface area contributed by atoms with E-state index in [0.29, 0.717) is 5.69 Å². The molecule has 0 amide bonds.